The Kier molecular flexibility index (Phi) is 5.49. The molecule has 0 saturated carbocycles. The third-order valence-corrected chi connectivity index (χ3v) is 5.01. The Bertz CT molecular complexity index is 919. The number of amides is 2. The van der Waals surface area contributed by atoms with E-state index >= 15 is 0 Å². The molecule has 0 aliphatic heterocycles. The summed E-state index contributed by atoms with van der Waals surface area (Å²) in [5, 5.41) is 4.89. The van der Waals surface area contributed by atoms with Crippen molar-refractivity contribution in [1.29, 1.82) is 0 Å². The molecule has 1 aromatic heterocycles. The van der Waals surface area contributed by atoms with Crippen molar-refractivity contribution in [2.24, 2.45) is 0 Å². The van der Waals surface area contributed by atoms with Crippen LogP contribution in [0.5, 0.6) is 0 Å². The zero-order valence-electron chi connectivity index (χ0n) is 14.7. The van der Waals surface area contributed by atoms with Crippen molar-refractivity contribution in [1.82, 2.24) is 4.90 Å². The lowest BCUT2D eigenvalue weighted by atomic mass is 10.1. The SMILES string of the molecule is CC(=O)N(C)Cc1cccc(NC(=O)c2sccc2-c2ccccc2)c1. The summed E-state index contributed by atoms with van der Waals surface area (Å²) < 4.78 is 0. The van der Waals surface area contributed by atoms with Gasteiger partial charge in [0, 0.05) is 31.8 Å². The standard InChI is InChI=1S/C21H20N2O2S/c1-15(24)23(2)14-16-7-6-10-18(13-16)22-21(25)20-19(11-12-26-20)17-8-4-3-5-9-17/h3-13H,14H2,1-2H3,(H,22,25). The molecular formula is C21H20N2O2S. The lowest BCUT2D eigenvalue weighted by Crippen LogP contribution is -2.23. The van der Waals surface area contributed by atoms with Crippen LogP contribution in [0.4, 0.5) is 5.69 Å². The number of anilines is 1. The second-order valence-electron chi connectivity index (χ2n) is 6.06. The van der Waals surface area contributed by atoms with Gasteiger partial charge in [0.25, 0.3) is 5.91 Å². The second-order valence-corrected chi connectivity index (χ2v) is 6.98. The Morgan fingerprint density at radius 2 is 1.81 bits per heavy atom. The number of hydrogen-bond acceptors (Lipinski definition) is 3. The molecule has 5 heteroatoms. The Morgan fingerprint density at radius 1 is 1.04 bits per heavy atom. The van der Waals surface area contributed by atoms with E-state index in [9.17, 15) is 9.59 Å². The molecular weight excluding hydrogens is 344 g/mol. The zero-order valence-corrected chi connectivity index (χ0v) is 15.5. The van der Waals surface area contributed by atoms with Crippen molar-refractivity contribution in [3.63, 3.8) is 0 Å². The van der Waals surface area contributed by atoms with E-state index in [1.807, 2.05) is 66.0 Å². The fourth-order valence-electron chi connectivity index (χ4n) is 2.65. The van der Waals surface area contributed by atoms with Crippen LogP contribution in [-0.4, -0.2) is 23.8 Å². The van der Waals surface area contributed by atoms with Crippen LogP contribution >= 0.6 is 11.3 Å². The van der Waals surface area contributed by atoms with Gasteiger partial charge in [-0.05, 0) is 34.7 Å². The van der Waals surface area contributed by atoms with Crippen molar-refractivity contribution in [3.05, 3.63) is 76.5 Å². The fourth-order valence-corrected chi connectivity index (χ4v) is 3.46. The molecule has 3 rings (SSSR count). The largest absolute Gasteiger partial charge is 0.342 e. The van der Waals surface area contributed by atoms with Gasteiger partial charge in [-0.2, -0.15) is 0 Å². The third kappa shape index (κ3) is 4.18. The normalized spacial score (nSPS) is 10.4. The molecule has 0 fully saturated rings. The van der Waals surface area contributed by atoms with Crippen molar-refractivity contribution < 1.29 is 9.59 Å². The molecule has 1 heterocycles. The van der Waals surface area contributed by atoms with E-state index < -0.39 is 0 Å². The van der Waals surface area contributed by atoms with Gasteiger partial charge in [-0.15, -0.1) is 11.3 Å². The highest BCUT2D eigenvalue weighted by atomic mass is 32.1. The minimum absolute atomic E-state index is 0.00512. The summed E-state index contributed by atoms with van der Waals surface area (Å²) in [5.74, 6) is -0.124. The summed E-state index contributed by atoms with van der Waals surface area (Å²) in [4.78, 5) is 26.5. The number of carbonyl (C=O) groups is 2. The molecule has 0 spiro atoms. The minimum atomic E-state index is -0.129. The fraction of sp³-hybridized carbons (Fsp3) is 0.143. The van der Waals surface area contributed by atoms with E-state index in [0.29, 0.717) is 11.4 Å². The van der Waals surface area contributed by atoms with Crippen LogP contribution in [0.2, 0.25) is 0 Å². The van der Waals surface area contributed by atoms with Crippen molar-refractivity contribution in [2.75, 3.05) is 12.4 Å². The number of carbonyl (C=O) groups excluding carboxylic acids is 2. The zero-order chi connectivity index (χ0) is 18.5. The van der Waals surface area contributed by atoms with Gasteiger partial charge in [-0.3, -0.25) is 9.59 Å². The number of benzene rings is 2. The van der Waals surface area contributed by atoms with Crippen LogP contribution in [-0.2, 0) is 11.3 Å². The lowest BCUT2D eigenvalue weighted by molar-refractivity contribution is -0.128. The van der Waals surface area contributed by atoms with E-state index in [4.69, 9.17) is 0 Å². The highest BCUT2D eigenvalue weighted by Gasteiger charge is 2.15. The van der Waals surface area contributed by atoms with Crippen LogP contribution in [0, 0.1) is 0 Å². The maximum Gasteiger partial charge on any atom is 0.266 e. The van der Waals surface area contributed by atoms with Crippen LogP contribution in [0.25, 0.3) is 11.1 Å². The van der Waals surface area contributed by atoms with E-state index in [1.165, 1.54) is 18.3 Å². The van der Waals surface area contributed by atoms with Crippen molar-refractivity contribution >= 4 is 28.8 Å². The third-order valence-electron chi connectivity index (χ3n) is 4.10. The average molecular weight is 364 g/mol. The van der Waals surface area contributed by atoms with E-state index in [2.05, 4.69) is 5.32 Å². The lowest BCUT2D eigenvalue weighted by Gasteiger charge is -2.15. The van der Waals surface area contributed by atoms with Gasteiger partial charge in [0.05, 0.1) is 4.88 Å². The molecule has 4 nitrogen and oxygen atoms in total. The first kappa shape index (κ1) is 17.9. The smallest absolute Gasteiger partial charge is 0.266 e. The molecule has 0 atom stereocenters. The molecule has 132 valence electrons. The molecule has 0 bridgehead atoms. The summed E-state index contributed by atoms with van der Waals surface area (Å²) in [6.45, 7) is 2.04. The average Bonchev–Trinajstić information content (AvgIpc) is 3.12. The number of nitrogens with zero attached hydrogens (tertiary/aromatic N) is 1. The van der Waals surface area contributed by atoms with Gasteiger partial charge in [0.15, 0.2) is 0 Å². The Hall–Kier alpha value is -2.92. The number of rotatable bonds is 5. The summed E-state index contributed by atoms with van der Waals surface area (Å²) in [6, 6.07) is 19.4. The topological polar surface area (TPSA) is 49.4 Å². The summed E-state index contributed by atoms with van der Waals surface area (Å²) in [7, 11) is 1.76. The van der Waals surface area contributed by atoms with E-state index in [-0.39, 0.29) is 11.8 Å². The predicted octanol–water partition coefficient (Wildman–Crippen LogP) is 4.65. The van der Waals surface area contributed by atoms with Gasteiger partial charge in [0.2, 0.25) is 5.91 Å². The number of thiophene rings is 1. The summed E-state index contributed by atoms with van der Waals surface area (Å²) in [6.07, 6.45) is 0. The number of nitrogens with one attached hydrogen (secondary N) is 1. The molecule has 0 aliphatic carbocycles. The molecule has 0 aliphatic rings. The first-order chi connectivity index (χ1) is 12.5. The quantitative estimate of drug-likeness (QED) is 0.717. The van der Waals surface area contributed by atoms with Gasteiger partial charge in [-0.25, -0.2) is 0 Å². The van der Waals surface area contributed by atoms with Crippen LogP contribution < -0.4 is 5.32 Å². The Morgan fingerprint density at radius 3 is 2.54 bits per heavy atom. The first-order valence-electron chi connectivity index (χ1n) is 8.29. The highest BCUT2D eigenvalue weighted by Crippen LogP contribution is 2.29. The van der Waals surface area contributed by atoms with Crippen molar-refractivity contribution in [2.45, 2.75) is 13.5 Å². The van der Waals surface area contributed by atoms with Crippen LogP contribution in [0.1, 0.15) is 22.2 Å². The molecule has 3 aromatic rings. The van der Waals surface area contributed by atoms with Crippen LogP contribution in [0.3, 0.4) is 0 Å². The highest BCUT2D eigenvalue weighted by molar-refractivity contribution is 7.12. The Labute approximate surface area is 157 Å². The summed E-state index contributed by atoms with van der Waals surface area (Å²) in [5.41, 5.74) is 3.64. The van der Waals surface area contributed by atoms with E-state index in [0.717, 1.165) is 22.4 Å². The maximum absolute atomic E-state index is 12.7. The van der Waals surface area contributed by atoms with Gasteiger partial charge >= 0.3 is 0 Å². The van der Waals surface area contributed by atoms with E-state index in [1.54, 1.807) is 11.9 Å². The van der Waals surface area contributed by atoms with Gasteiger partial charge in [-0.1, -0.05) is 42.5 Å². The van der Waals surface area contributed by atoms with Gasteiger partial charge < -0.3 is 10.2 Å². The molecule has 2 amide bonds. The molecule has 0 radical (unpaired) electrons. The minimum Gasteiger partial charge on any atom is -0.342 e. The molecule has 2 aromatic carbocycles. The van der Waals surface area contributed by atoms with Gasteiger partial charge in [0.1, 0.15) is 0 Å². The maximum atomic E-state index is 12.7. The van der Waals surface area contributed by atoms with Crippen molar-refractivity contribution in [3.8, 4) is 11.1 Å². The number of hydrogen-bond donors (Lipinski definition) is 1. The molecule has 0 unspecified atom stereocenters. The Balaban J connectivity index is 1.77. The first-order valence-corrected chi connectivity index (χ1v) is 9.17. The summed E-state index contributed by atoms with van der Waals surface area (Å²) >= 11 is 1.43. The monoisotopic (exact) mass is 364 g/mol. The van der Waals surface area contributed by atoms with Crippen LogP contribution in [0.15, 0.2) is 66.0 Å². The molecule has 26 heavy (non-hydrogen) atoms. The predicted molar refractivity (Wildman–Crippen MR) is 106 cm³/mol. The molecule has 0 saturated heterocycles. The molecule has 1 N–H and O–H groups in total. The second kappa shape index (κ2) is 7.97.